The Balaban J connectivity index is 1.28. The Morgan fingerprint density at radius 3 is 2.55 bits per heavy atom. The molecule has 5 heterocycles. The van der Waals surface area contributed by atoms with E-state index in [1.54, 1.807) is 41.0 Å². The molecule has 6 unspecified atom stereocenters. The first-order valence-electron chi connectivity index (χ1n) is 23.6. The monoisotopic (exact) mass is 920 g/mol. The van der Waals surface area contributed by atoms with Crippen molar-refractivity contribution in [2.24, 2.45) is 23.2 Å². The second-order valence-corrected chi connectivity index (χ2v) is 20.8. The van der Waals surface area contributed by atoms with E-state index in [0.717, 1.165) is 50.1 Å². The number of amides is 3. The summed E-state index contributed by atoms with van der Waals surface area (Å²) in [5.74, 6) is -2.45. The number of hydrogen-bond donors (Lipinski definition) is 1. The van der Waals surface area contributed by atoms with Crippen molar-refractivity contribution in [3.8, 4) is 22.4 Å². The number of aryl methyl sites for hydroxylation is 1. The van der Waals surface area contributed by atoms with Gasteiger partial charge < -0.3 is 29.2 Å². The summed E-state index contributed by atoms with van der Waals surface area (Å²) < 4.78 is 28.8. The summed E-state index contributed by atoms with van der Waals surface area (Å²) in [7, 11) is 2.02. The van der Waals surface area contributed by atoms with E-state index in [-0.39, 0.29) is 49.4 Å². The molecule has 4 aromatic rings. The minimum Gasteiger partial charge on any atom is -0.465 e. The van der Waals surface area contributed by atoms with Crippen molar-refractivity contribution in [3.63, 3.8) is 0 Å². The van der Waals surface area contributed by atoms with Crippen LogP contribution >= 0.6 is 0 Å². The first-order chi connectivity index (χ1) is 31.5. The largest absolute Gasteiger partial charge is 0.465 e. The van der Waals surface area contributed by atoms with Gasteiger partial charge in [0.2, 0.25) is 17.7 Å². The van der Waals surface area contributed by atoms with Gasteiger partial charge >= 0.3 is 5.97 Å². The Morgan fingerprint density at radius 1 is 1.05 bits per heavy atom. The number of piperidine rings is 1. The van der Waals surface area contributed by atoms with E-state index in [1.165, 1.54) is 4.90 Å². The summed E-state index contributed by atoms with van der Waals surface area (Å²) in [6.07, 6.45) is 5.83. The van der Waals surface area contributed by atoms with Crippen molar-refractivity contribution in [3.05, 3.63) is 89.1 Å². The first kappa shape index (κ1) is 48.7. The first-order valence-corrected chi connectivity index (χ1v) is 24.8. The number of carbonyl (C=O) groups excluding carboxylic acids is 4. The van der Waals surface area contributed by atoms with Crippen LogP contribution in [0.3, 0.4) is 0 Å². The van der Waals surface area contributed by atoms with Crippen molar-refractivity contribution in [2.75, 3.05) is 46.9 Å². The highest BCUT2D eigenvalue weighted by atomic mass is 32.2. The van der Waals surface area contributed by atoms with Gasteiger partial charge in [-0.05, 0) is 98.9 Å². The van der Waals surface area contributed by atoms with Crippen LogP contribution in [0.5, 0.6) is 0 Å². The molecule has 2 aromatic carbocycles. The molecule has 0 saturated carbocycles. The molecule has 1 N–H and O–H groups in total. The van der Waals surface area contributed by atoms with Crippen molar-refractivity contribution in [1.29, 1.82) is 0 Å². The van der Waals surface area contributed by atoms with Crippen LogP contribution in [0.4, 0.5) is 0 Å². The van der Waals surface area contributed by atoms with Gasteiger partial charge in [-0.2, -0.15) is 0 Å². The summed E-state index contributed by atoms with van der Waals surface area (Å²) in [6, 6.07) is 16.9. The molecular weight excluding hydrogens is 853 g/mol. The zero-order valence-electron chi connectivity index (χ0n) is 40.2. The fraction of sp³-hybridized carbons (Fsp3) is 0.519. The number of rotatable bonds is 11. The Hall–Kier alpha value is -5.18. The Kier molecular flexibility index (Phi) is 15.3. The normalized spacial score (nSPS) is 22.0. The number of carbonyl (C=O) groups is 4. The Labute approximate surface area is 392 Å². The van der Waals surface area contributed by atoms with Gasteiger partial charge in [0.15, 0.2) is 0 Å². The number of esters is 1. The lowest BCUT2D eigenvalue weighted by Gasteiger charge is -2.36. The van der Waals surface area contributed by atoms with Gasteiger partial charge in [-0.15, -0.1) is 0 Å². The third-order valence-electron chi connectivity index (χ3n) is 13.6. The number of hydrogen-bond acceptors (Lipinski definition) is 8. The molecule has 3 aliphatic rings. The van der Waals surface area contributed by atoms with Crippen LogP contribution in [0.25, 0.3) is 33.3 Å². The molecular formula is C52H68N6O7S. The fourth-order valence-corrected chi connectivity index (χ4v) is 11.2. The molecule has 13 nitrogen and oxygen atoms in total. The predicted molar refractivity (Wildman–Crippen MR) is 259 cm³/mol. The number of allylic oxidation sites excluding steroid dienone is 1. The maximum Gasteiger partial charge on any atom is 0.310 e. The van der Waals surface area contributed by atoms with Crippen LogP contribution < -0.4 is 5.32 Å². The molecule has 2 fully saturated rings. The summed E-state index contributed by atoms with van der Waals surface area (Å²) in [5, 5.41) is 5.82. The lowest BCUT2D eigenvalue weighted by atomic mass is 9.84. The number of cyclic esters (lactones) is 1. The number of fused-ring (bicyclic) bond motifs is 6. The SMILES string of the molecule is C/C=C/S(=O)N1CCC(C(=O)N(C)C(C(=O)NC2Cc3cccc(c3)-c3ccc4c(c3)c(c(-c3cccnc3C(C)OC)n4CC)CC(C)(C)COC(=O)C3CCCN(C3)C2=O)C(C)C)C1. The quantitative estimate of drug-likeness (QED) is 0.153. The molecule has 0 radical (unpaired) electrons. The van der Waals surface area contributed by atoms with E-state index in [2.05, 4.69) is 67.1 Å². The maximum absolute atomic E-state index is 14.8. The molecule has 7 rings (SSSR count). The van der Waals surface area contributed by atoms with E-state index in [1.807, 2.05) is 45.9 Å². The smallest absolute Gasteiger partial charge is 0.310 e. The van der Waals surface area contributed by atoms with Crippen LogP contribution in [0.2, 0.25) is 0 Å². The molecule has 6 bridgehead atoms. The number of nitrogens with one attached hydrogen (secondary N) is 1. The zero-order chi connectivity index (χ0) is 47.4. The van der Waals surface area contributed by atoms with Crippen LogP contribution in [-0.4, -0.2) is 111 Å². The van der Waals surface area contributed by atoms with Crippen molar-refractivity contribution in [2.45, 2.75) is 105 Å². The molecule has 0 spiro atoms. The number of likely N-dealkylation sites (N-methyl/N-ethyl adjacent to an activating group) is 1. The van der Waals surface area contributed by atoms with Gasteiger partial charge in [-0.3, -0.25) is 24.2 Å². The third kappa shape index (κ3) is 10.4. The average molecular weight is 921 g/mol. The molecule has 0 aliphatic carbocycles. The maximum atomic E-state index is 14.8. The predicted octanol–water partition coefficient (Wildman–Crippen LogP) is 7.49. The molecule has 2 saturated heterocycles. The summed E-state index contributed by atoms with van der Waals surface area (Å²) >= 11 is 0. The number of ether oxygens (including phenoxy) is 2. The van der Waals surface area contributed by atoms with Gasteiger partial charge in [-0.25, -0.2) is 8.51 Å². The van der Waals surface area contributed by atoms with E-state index >= 15 is 0 Å². The topological polar surface area (TPSA) is 143 Å². The van der Waals surface area contributed by atoms with Crippen molar-refractivity contribution in [1.82, 2.24) is 29.0 Å². The molecule has 6 atom stereocenters. The van der Waals surface area contributed by atoms with Gasteiger partial charge in [0.1, 0.15) is 23.1 Å². The van der Waals surface area contributed by atoms with Crippen LogP contribution in [0, 0.1) is 23.2 Å². The summed E-state index contributed by atoms with van der Waals surface area (Å²) in [5.41, 5.74) is 7.48. The minimum atomic E-state index is -1.32. The second kappa shape index (κ2) is 20.8. The molecule has 3 amide bonds. The van der Waals surface area contributed by atoms with Gasteiger partial charge in [0.25, 0.3) is 0 Å². The highest BCUT2D eigenvalue weighted by molar-refractivity contribution is 7.85. The minimum absolute atomic E-state index is 0.179. The number of pyridine rings is 1. The van der Waals surface area contributed by atoms with Gasteiger partial charge in [-0.1, -0.05) is 64.1 Å². The lowest BCUT2D eigenvalue weighted by Crippen LogP contribution is -2.58. The van der Waals surface area contributed by atoms with E-state index in [9.17, 15) is 23.4 Å². The number of benzene rings is 2. The summed E-state index contributed by atoms with van der Waals surface area (Å²) in [6.45, 7) is 16.4. The molecule has 66 heavy (non-hydrogen) atoms. The van der Waals surface area contributed by atoms with E-state index in [4.69, 9.17) is 14.5 Å². The highest BCUT2D eigenvalue weighted by Gasteiger charge is 2.40. The summed E-state index contributed by atoms with van der Waals surface area (Å²) in [4.78, 5) is 65.3. The lowest BCUT2D eigenvalue weighted by molar-refractivity contribution is -0.155. The Bertz CT molecular complexity index is 2500. The number of aromatic nitrogens is 2. The van der Waals surface area contributed by atoms with Gasteiger partial charge in [0, 0.05) is 86.8 Å². The van der Waals surface area contributed by atoms with E-state index < -0.39 is 46.2 Å². The number of nitrogens with zero attached hydrogens (tertiary/aromatic N) is 5. The van der Waals surface area contributed by atoms with Crippen LogP contribution in [0.15, 0.2) is 72.3 Å². The Morgan fingerprint density at radius 2 is 1.82 bits per heavy atom. The van der Waals surface area contributed by atoms with Crippen LogP contribution in [-0.2, 0) is 59.0 Å². The molecule has 2 aromatic heterocycles. The third-order valence-corrected chi connectivity index (χ3v) is 15.0. The van der Waals surface area contributed by atoms with E-state index in [0.29, 0.717) is 51.9 Å². The molecule has 354 valence electrons. The zero-order valence-corrected chi connectivity index (χ0v) is 41.0. The average Bonchev–Trinajstić information content (AvgIpc) is 3.92. The second-order valence-electron chi connectivity index (χ2n) is 19.4. The van der Waals surface area contributed by atoms with Crippen molar-refractivity contribution < 1.29 is 32.9 Å². The van der Waals surface area contributed by atoms with Crippen LogP contribution in [0.1, 0.15) is 90.7 Å². The molecule has 3 aliphatic heterocycles. The standard InChI is InChI=1S/C52H68N6O7S/c1-10-25-66(63)57-24-21-38(31-57)49(60)55(8)46(33(3)4)48(59)54-43-27-35-15-12-16-36(26-35)37-19-20-44-41(28-37)42(47(58(44)11-2)40-18-13-22-53-45(40)34(5)64-9)29-52(6,7)32-65-51(62)39-17-14-23-56(30-39)50(43)61/h10,12-13,15-16,18-20,22,25-26,28,33-34,38-39,43,46H,11,14,17,21,23-24,27,29-32H2,1-9H3,(H,54,59)/b25-10+. The van der Waals surface area contributed by atoms with Crippen molar-refractivity contribution >= 4 is 45.6 Å². The van der Waals surface area contributed by atoms with Gasteiger partial charge in [0.05, 0.1) is 35.9 Å². The molecule has 14 heteroatoms. The number of methoxy groups -OCH3 is 1. The highest BCUT2D eigenvalue weighted by Crippen LogP contribution is 2.42. The fourth-order valence-electron chi connectivity index (χ4n) is 10.2.